The van der Waals surface area contributed by atoms with Crippen LogP contribution < -0.4 is 5.32 Å². The summed E-state index contributed by atoms with van der Waals surface area (Å²) in [5.41, 5.74) is 1.14. The lowest BCUT2D eigenvalue weighted by molar-refractivity contribution is -0.00351. The Balaban J connectivity index is 1.88. The lowest BCUT2D eigenvalue weighted by Crippen LogP contribution is -2.49. The van der Waals surface area contributed by atoms with Gasteiger partial charge in [0.05, 0.1) is 12.7 Å². The van der Waals surface area contributed by atoms with Gasteiger partial charge in [0, 0.05) is 32.2 Å². The number of amides is 2. The van der Waals surface area contributed by atoms with Crippen molar-refractivity contribution in [3.05, 3.63) is 35.9 Å². The maximum absolute atomic E-state index is 12.2. The SMILES string of the molecule is CC1CN(C(=O)NCC(CCO)c2ccccc2)CCO1. The number of hydrogen-bond acceptors (Lipinski definition) is 3. The first-order valence-corrected chi connectivity index (χ1v) is 7.51. The highest BCUT2D eigenvalue weighted by Crippen LogP contribution is 2.18. The third-order valence-electron chi connectivity index (χ3n) is 3.78. The van der Waals surface area contributed by atoms with Crippen LogP contribution >= 0.6 is 0 Å². The molecule has 0 spiro atoms. The Labute approximate surface area is 125 Å². The van der Waals surface area contributed by atoms with Crippen LogP contribution in [0.5, 0.6) is 0 Å². The molecule has 1 aliphatic heterocycles. The van der Waals surface area contributed by atoms with Crippen LogP contribution in [0.3, 0.4) is 0 Å². The molecule has 5 nitrogen and oxygen atoms in total. The standard InChI is InChI=1S/C16H24N2O3/c1-13-12-18(8-10-21-13)16(20)17-11-15(7-9-19)14-5-3-2-4-6-14/h2-6,13,15,19H,7-12H2,1H3,(H,17,20). The minimum absolute atomic E-state index is 0.0518. The lowest BCUT2D eigenvalue weighted by atomic mass is 9.96. The summed E-state index contributed by atoms with van der Waals surface area (Å²) >= 11 is 0. The lowest BCUT2D eigenvalue weighted by Gasteiger charge is -2.31. The van der Waals surface area contributed by atoms with E-state index in [1.165, 1.54) is 0 Å². The molecular weight excluding hydrogens is 268 g/mol. The molecule has 1 aromatic rings. The van der Waals surface area contributed by atoms with Crippen LogP contribution in [-0.2, 0) is 4.74 Å². The summed E-state index contributed by atoms with van der Waals surface area (Å²) in [7, 11) is 0. The average molecular weight is 292 g/mol. The van der Waals surface area contributed by atoms with E-state index in [1.54, 1.807) is 4.90 Å². The maximum Gasteiger partial charge on any atom is 0.317 e. The van der Waals surface area contributed by atoms with Crippen molar-refractivity contribution in [1.29, 1.82) is 0 Å². The molecule has 1 fully saturated rings. The molecule has 5 heteroatoms. The van der Waals surface area contributed by atoms with Crippen LogP contribution in [0.15, 0.2) is 30.3 Å². The number of carbonyl (C=O) groups is 1. The number of nitrogens with zero attached hydrogens (tertiary/aromatic N) is 1. The number of hydrogen-bond donors (Lipinski definition) is 2. The fraction of sp³-hybridized carbons (Fsp3) is 0.562. The van der Waals surface area contributed by atoms with E-state index < -0.39 is 0 Å². The van der Waals surface area contributed by atoms with Crippen LogP contribution in [0.1, 0.15) is 24.8 Å². The molecule has 0 bridgehead atoms. The van der Waals surface area contributed by atoms with E-state index in [4.69, 9.17) is 4.74 Å². The summed E-state index contributed by atoms with van der Waals surface area (Å²) in [6.45, 7) is 4.47. The molecule has 1 aromatic carbocycles. The average Bonchev–Trinajstić information content (AvgIpc) is 2.52. The van der Waals surface area contributed by atoms with Crippen LogP contribution in [0.2, 0.25) is 0 Å². The minimum atomic E-state index is -0.0518. The Morgan fingerprint density at radius 2 is 2.24 bits per heavy atom. The van der Waals surface area contributed by atoms with Crippen LogP contribution in [0.25, 0.3) is 0 Å². The third-order valence-corrected chi connectivity index (χ3v) is 3.78. The van der Waals surface area contributed by atoms with Crippen molar-refractivity contribution < 1.29 is 14.6 Å². The predicted molar refractivity (Wildman–Crippen MR) is 81.3 cm³/mol. The van der Waals surface area contributed by atoms with E-state index in [0.29, 0.717) is 32.7 Å². The van der Waals surface area contributed by atoms with Gasteiger partial charge in [0.2, 0.25) is 0 Å². The van der Waals surface area contributed by atoms with Gasteiger partial charge in [-0.3, -0.25) is 0 Å². The Kier molecular flexibility index (Phi) is 6.02. The molecule has 1 heterocycles. The van der Waals surface area contributed by atoms with Crippen molar-refractivity contribution in [3.63, 3.8) is 0 Å². The van der Waals surface area contributed by atoms with Crippen molar-refractivity contribution >= 4 is 6.03 Å². The van der Waals surface area contributed by atoms with Gasteiger partial charge in [0.1, 0.15) is 0 Å². The molecule has 1 aliphatic rings. The van der Waals surface area contributed by atoms with Gasteiger partial charge < -0.3 is 20.1 Å². The number of aliphatic hydroxyl groups excluding tert-OH is 1. The van der Waals surface area contributed by atoms with Crippen LogP contribution in [0.4, 0.5) is 4.79 Å². The Morgan fingerprint density at radius 1 is 1.48 bits per heavy atom. The van der Waals surface area contributed by atoms with Crippen molar-refractivity contribution in [2.24, 2.45) is 0 Å². The number of benzene rings is 1. The quantitative estimate of drug-likeness (QED) is 0.866. The van der Waals surface area contributed by atoms with Gasteiger partial charge in [-0.25, -0.2) is 4.79 Å². The summed E-state index contributed by atoms with van der Waals surface area (Å²) in [6.07, 6.45) is 0.732. The van der Waals surface area contributed by atoms with E-state index in [0.717, 1.165) is 5.56 Å². The highest BCUT2D eigenvalue weighted by Gasteiger charge is 2.22. The summed E-state index contributed by atoms with van der Waals surface area (Å²) in [4.78, 5) is 14.0. The van der Waals surface area contributed by atoms with Crippen molar-refractivity contribution in [2.75, 3.05) is 32.8 Å². The van der Waals surface area contributed by atoms with Gasteiger partial charge in [0.15, 0.2) is 0 Å². The zero-order valence-corrected chi connectivity index (χ0v) is 12.5. The molecule has 2 rings (SSSR count). The molecule has 1 saturated heterocycles. The van der Waals surface area contributed by atoms with Crippen molar-refractivity contribution in [2.45, 2.75) is 25.4 Å². The largest absolute Gasteiger partial charge is 0.396 e. The highest BCUT2D eigenvalue weighted by molar-refractivity contribution is 5.74. The smallest absolute Gasteiger partial charge is 0.317 e. The molecule has 2 atom stereocenters. The fourth-order valence-corrected chi connectivity index (χ4v) is 2.59. The number of aliphatic hydroxyl groups is 1. The summed E-state index contributed by atoms with van der Waals surface area (Å²) in [5.74, 6) is 0.138. The van der Waals surface area contributed by atoms with Crippen LogP contribution in [0, 0.1) is 0 Å². The van der Waals surface area contributed by atoms with Gasteiger partial charge in [0.25, 0.3) is 0 Å². The second-order valence-corrected chi connectivity index (χ2v) is 5.43. The number of carbonyl (C=O) groups excluding carboxylic acids is 1. The van der Waals surface area contributed by atoms with E-state index in [2.05, 4.69) is 5.32 Å². The zero-order chi connectivity index (χ0) is 15.1. The molecule has 2 unspecified atom stereocenters. The molecule has 0 aliphatic carbocycles. The van der Waals surface area contributed by atoms with E-state index in [9.17, 15) is 9.90 Å². The minimum Gasteiger partial charge on any atom is -0.396 e. The van der Waals surface area contributed by atoms with Crippen molar-refractivity contribution in [3.8, 4) is 0 Å². The number of morpholine rings is 1. The molecule has 21 heavy (non-hydrogen) atoms. The second-order valence-electron chi connectivity index (χ2n) is 5.43. The van der Waals surface area contributed by atoms with E-state index in [1.807, 2.05) is 37.3 Å². The Hall–Kier alpha value is -1.59. The number of nitrogens with one attached hydrogen (secondary N) is 1. The maximum atomic E-state index is 12.2. The first-order valence-electron chi connectivity index (χ1n) is 7.51. The van der Waals surface area contributed by atoms with Gasteiger partial charge in [-0.05, 0) is 18.9 Å². The van der Waals surface area contributed by atoms with Crippen LogP contribution in [-0.4, -0.2) is 55.0 Å². The number of rotatable bonds is 5. The van der Waals surface area contributed by atoms with Gasteiger partial charge in [-0.15, -0.1) is 0 Å². The predicted octanol–water partition coefficient (Wildman–Crippen LogP) is 1.58. The monoisotopic (exact) mass is 292 g/mol. The van der Waals surface area contributed by atoms with Gasteiger partial charge in [-0.1, -0.05) is 30.3 Å². The number of urea groups is 1. The third kappa shape index (κ3) is 4.72. The first kappa shape index (κ1) is 15.8. The van der Waals surface area contributed by atoms with E-state index >= 15 is 0 Å². The summed E-state index contributed by atoms with van der Waals surface area (Å²) in [5, 5.41) is 12.2. The summed E-state index contributed by atoms with van der Waals surface area (Å²) < 4.78 is 5.44. The van der Waals surface area contributed by atoms with Crippen molar-refractivity contribution in [1.82, 2.24) is 10.2 Å². The van der Waals surface area contributed by atoms with Gasteiger partial charge >= 0.3 is 6.03 Å². The molecule has 0 radical (unpaired) electrons. The Bertz CT molecular complexity index is 438. The Morgan fingerprint density at radius 3 is 2.90 bits per heavy atom. The molecule has 2 N–H and O–H groups in total. The molecule has 0 saturated carbocycles. The zero-order valence-electron chi connectivity index (χ0n) is 12.5. The topological polar surface area (TPSA) is 61.8 Å². The fourth-order valence-electron chi connectivity index (χ4n) is 2.59. The first-order chi connectivity index (χ1) is 10.2. The molecule has 116 valence electrons. The molecule has 2 amide bonds. The molecular formula is C16H24N2O3. The summed E-state index contributed by atoms with van der Waals surface area (Å²) in [6, 6.07) is 9.93. The molecule has 0 aromatic heterocycles. The number of ether oxygens (including phenoxy) is 1. The normalized spacial score (nSPS) is 20.1. The van der Waals surface area contributed by atoms with E-state index in [-0.39, 0.29) is 24.7 Å². The highest BCUT2D eigenvalue weighted by atomic mass is 16.5. The second kappa shape index (κ2) is 8.00. The van der Waals surface area contributed by atoms with Gasteiger partial charge in [-0.2, -0.15) is 0 Å².